The molecule has 3 nitrogen and oxygen atoms in total. The second-order valence-corrected chi connectivity index (χ2v) is 6.18. The van der Waals surface area contributed by atoms with Crippen molar-refractivity contribution < 1.29 is 0 Å². The molecule has 2 aliphatic heterocycles. The number of hydrogen-bond donors (Lipinski definition) is 1. The first-order valence-electron chi connectivity index (χ1n) is 7.52. The van der Waals surface area contributed by atoms with Crippen LogP contribution in [0.25, 0.3) is 0 Å². The third-order valence-corrected chi connectivity index (χ3v) is 5.09. The van der Waals surface area contributed by atoms with Gasteiger partial charge in [0.15, 0.2) is 0 Å². The van der Waals surface area contributed by atoms with Gasteiger partial charge in [0.05, 0.1) is 0 Å². The standard InChI is InChI=1S/C14H27N3/c1-16-9-6-12(7-10-16)17-11-8-15-13-4-2-3-5-14(13)17/h12-15H,2-11H2,1H3/t13-,14+/m1/s1. The fourth-order valence-corrected chi connectivity index (χ4v) is 4.07. The Kier molecular flexibility index (Phi) is 3.69. The van der Waals surface area contributed by atoms with Gasteiger partial charge in [0, 0.05) is 31.2 Å². The minimum absolute atomic E-state index is 0.803. The Morgan fingerprint density at radius 1 is 0.941 bits per heavy atom. The lowest BCUT2D eigenvalue weighted by Crippen LogP contribution is -2.62. The minimum Gasteiger partial charge on any atom is -0.311 e. The number of fused-ring (bicyclic) bond motifs is 1. The van der Waals surface area contributed by atoms with Gasteiger partial charge in [-0.2, -0.15) is 0 Å². The van der Waals surface area contributed by atoms with Gasteiger partial charge in [-0.05, 0) is 45.8 Å². The maximum atomic E-state index is 3.75. The average molecular weight is 237 g/mol. The summed E-state index contributed by atoms with van der Waals surface area (Å²) < 4.78 is 0. The fraction of sp³-hybridized carbons (Fsp3) is 1.00. The van der Waals surface area contributed by atoms with E-state index in [-0.39, 0.29) is 0 Å². The van der Waals surface area contributed by atoms with Crippen molar-refractivity contribution in [3.05, 3.63) is 0 Å². The first-order valence-corrected chi connectivity index (χ1v) is 7.52. The monoisotopic (exact) mass is 237 g/mol. The predicted octanol–water partition coefficient (Wildman–Crippen LogP) is 1.30. The van der Waals surface area contributed by atoms with Gasteiger partial charge in [0.2, 0.25) is 0 Å². The van der Waals surface area contributed by atoms with E-state index < -0.39 is 0 Å². The van der Waals surface area contributed by atoms with Gasteiger partial charge in [-0.3, -0.25) is 4.90 Å². The third-order valence-electron chi connectivity index (χ3n) is 5.09. The van der Waals surface area contributed by atoms with Gasteiger partial charge in [0.25, 0.3) is 0 Å². The largest absolute Gasteiger partial charge is 0.311 e. The minimum atomic E-state index is 0.803. The molecule has 98 valence electrons. The smallest absolute Gasteiger partial charge is 0.0252 e. The van der Waals surface area contributed by atoms with E-state index >= 15 is 0 Å². The van der Waals surface area contributed by atoms with Crippen LogP contribution >= 0.6 is 0 Å². The van der Waals surface area contributed by atoms with E-state index in [1.807, 2.05) is 0 Å². The molecule has 0 amide bonds. The molecule has 17 heavy (non-hydrogen) atoms. The highest BCUT2D eigenvalue weighted by Crippen LogP contribution is 2.29. The van der Waals surface area contributed by atoms with Crippen molar-refractivity contribution in [2.75, 3.05) is 33.2 Å². The lowest BCUT2D eigenvalue weighted by Gasteiger charge is -2.49. The Morgan fingerprint density at radius 2 is 1.71 bits per heavy atom. The number of piperazine rings is 1. The summed E-state index contributed by atoms with van der Waals surface area (Å²) in [5.41, 5.74) is 0. The molecule has 0 aromatic carbocycles. The molecule has 3 heteroatoms. The molecule has 0 aromatic heterocycles. The molecule has 0 aromatic rings. The van der Waals surface area contributed by atoms with Crippen molar-refractivity contribution in [2.45, 2.75) is 56.7 Å². The van der Waals surface area contributed by atoms with Crippen LogP contribution in [0.3, 0.4) is 0 Å². The first-order chi connectivity index (χ1) is 8.34. The number of hydrogen-bond acceptors (Lipinski definition) is 3. The van der Waals surface area contributed by atoms with Crippen LogP contribution in [-0.4, -0.2) is 61.2 Å². The van der Waals surface area contributed by atoms with Crippen molar-refractivity contribution >= 4 is 0 Å². The summed E-state index contributed by atoms with van der Waals surface area (Å²) in [4.78, 5) is 5.35. The first kappa shape index (κ1) is 11.9. The predicted molar refractivity (Wildman–Crippen MR) is 71.3 cm³/mol. The summed E-state index contributed by atoms with van der Waals surface area (Å²) in [5, 5.41) is 3.75. The summed E-state index contributed by atoms with van der Waals surface area (Å²) in [5.74, 6) is 0. The molecule has 3 fully saturated rings. The van der Waals surface area contributed by atoms with E-state index in [1.165, 1.54) is 64.7 Å². The molecule has 2 atom stereocenters. The van der Waals surface area contributed by atoms with E-state index in [4.69, 9.17) is 0 Å². The molecule has 0 bridgehead atoms. The highest BCUT2D eigenvalue weighted by molar-refractivity contribution is 4.95. The van der Waals surface area contributed by atoms with Crippen LogP contribution in [0.4, 0.5) is 0 Å². The maximum absolute atomic E-state index is 3.75. The molecule has 2 heterocycles. The Hall–Kier alpha value is -0.120. The summed E-state index contributed by atoms with van der Waals surface area (Å²) in [6, 6.07) is 2.53. The highest BCUT2D eigenvalue weighted by Gasteiger charge is 2.37. The zero-order valence-corrected chi connectivity index (χ0v) is 11.2. The molecule has 0 radical (unpaired) electrons. The third kappa shape index (κ3) is 2.51. The lowest BCUT2D eigenvalue weighted by atomic mass is 9.85. The number of likely N-dealkylation sites (tertiary alicyclic amines) is 1. The van der Waals surface area contributed by atoms with Gasteiger partial charge in [-0.15, -0.1) is 0 Å². The SMILES string of the molecule is CN1CCC(N2CCN[C@@H]3CCCC[C@@H]32)CC1. The molecule has 3 rings (SSSR count). The van der Waals surface area contributed by atoms with Crippen molar-refractivity contribution in [3.8, 4) is 0 Å². The van der Waals surface area contributed by atoms with Crippen molar-refractivity contribution in [3.63, 3.8) is 0 Å². The summed E-state index contributed by atoms with van der Waals surface area (Å²) in [6.45, 7) is 5.10. The molecule has 3 aliphatic rings. The van der Waals surface area contributed by atoms with Crippen LogP contribution in [0.15, 0.2) is 0 Å². The average Bonchev–Trinajstić information content (AvgIpc) is 2.39. The van der Waals surface area contributed by atoms with Crippen molar-refractivity contribution in [1.29, 1.82) is 0 Å². The number of rotatable bonds is 1. The number of nitrogens with one attached hydrogen (secondary N) is 1. The molecule has 2 saturated heterocycles. The van der Waals surface area contributed by atoms with E-state index in [0.717, 1.165) is 18.1 Å². The topological polar surface area (TPSA) is 18.5 Å². The zero-order chi connectivity index (χ0) is 11.7. The number of nitrogens with zero attached hydrogens (tertiary/aromatic N) is 2. The number of piperidine rings is 1. The Morgan fingerprint density at radius 3 is 2.53 bits per heavy atom. The van der Waals surface area contributed by atoms with Gasteiger partial charge >= 0.3 is 0 Å². The lowest BCUT2D eigenvalue weighted by molar-refractivity contribution is 0.0239. The summed E-state index contributed by atoms with van der Waals surface area (Å²) in [7, 11) is 2.26. The molecule has 1 saturated carbocycles. The van der Waals surface area contributed by atoms with Crippen LogP contribution in [0.2, 0.25) is 0 Å². The summed E-state index contributed by atoms with van der Waals surface area (Å²) >= 11 is 0. The molecular weight excluding hydrogens is 210 g/mol. The Labute approximate surface area is 106 Å². The van der Waals surface area contributed by atoms with Gasteiger partial charge < -0.3 is 10.2 Å². The summed E-state index contributed by atoms with van der Waals surface area (Å²) in [6.07, 6.45) is 8.51. The van der Waals surface area contributed by atoms with Crippen LogP contribution in [-0.2, 0) is 0 Å². The molecule has 0 unspecified atom stereocenters. The molecular formula is C14H27N3. The van der Waals surface area contributed by atoms with Gasteiger partial charge in [-0.25, -0.2) is 0 Å². The quantitative estimate of drug-likeness (QED) is 0.741. The van der Waals surface area contributed by atoms with E-state index in [0.29, 0.717) is 0 Å². The highest BCUT2D eigenvalue weighted by atomic mass is 15.3. The van der Waals surface area contributed by atoms with E-state index in [9.17, 15) is 0 Å². The molecule has 0 spiro atoms. The van der Waals surface area contributed by atoms with Crippen LogP contribution in [0.1, 0.15) is 38.5 Å². The van der Waals surface area contributed by atoms with Crippen LogP contribution in [0.5, 0.6) is 0 Å². The van der Waals surface area contributed by atoms with E-state index in [2.05, 4.69) is 22.2 Å². The fourth-order valence-electron chi connectivity index (χ4n) is 4.07. The van der Waals surface area contributed by atoms with Crippen LogP contribution < -0.4 is 5.32 Å². The normalized spacial score (nSPS) is 37.9. The van der Waals surface area contributed by atoms with Crippen LogP contribution in [0, 0.1) is 0 Å². The molecule has 1 aliphatic carbocycles. The van der Waals surface area contributed by atoms with Gasteiger partial charge in [-0.1, -0.05) is 12.8 Å². The van der Waals surface area contributed by atoms with Crippen molar-refractivity contribution in [1.82, 2.24) is 15.1 Å². The zero-order valence-electron chi connectivity index (χ0n) is 11.2. The maximum Gasteiger partial charge on any atom is 0.0252 e. The second kappa shape index (κ2) is 5.25. The Balaban J connectivity index is 1.64. The van der Waals surface area contributed by atoms with Crippen molar-refractivity contribution in [2.24, 2.45) is 0 Å². The van der Waals surface area contributed by atoms with Gasteiger partial charge in [0.1, 0.15) is 0 Å². The Bertz CT molecular complexity index is 246. The second-order valence-electron chi connectivity index (χ2n) is 6.18. The molecule has 1 N–H and O–H groups in total. The van der Waals surface area contributed by atoms with E-state index in [1.54, 1.807) is 0 Å².